The maximum absolute atomic E-state index is 12.0. The van der Waals surface area contributed by atoms with Gasteiger partial charge in [-0.05, 0) is 50.4 Å². The molecule has 2 fully saturated rings. The third kappa shape index (κ3) is 2.86. The number of carbonyl (C=O) groups excluding carboxylic acids is 1. The Hall–Kier alpha value is -0.830. The van der Waals surface area contributed by atoms with Gasteiger partial charge in [0.05, 0.1) is 18.1 Å². The normalized spacial score (nSPS) is 34.9. The summed E-state index contributed by atoms with van der Waals surface area (Å²) in [5.74, 6) is 1.12. The molecule has 3 heteroatoms. The number of carbonyl (C=O) groups is 1. The molecule has 0 saturated heterocycles. The highest BCUT2D eigenvalue weighted by Crippen LogP contribution is 2.43. The van der Waals surface area contributed by atoms with Gasteiger partial charge in [-0.1, -0.05) is 25.0 Å². The summed E-state index contributed by atoms with van der Waals surface area (Å²) in [4.78, 5) is 12.0. The van der Waals surface area contributed by atoms with Crippen molar-refractivity contribution in [2.45, 2.75) is 57.0 Å². The highest BCUT2D eigenvalue weighted by atomic mass is 16.5. The first-order valence-electron chi connectivity index (χ1n) is 7.74. The van der Waals surface area contributed by atoms with Crippen LogP contribution in [0.15, 0.2) is 12.2 Å². The van der Waals surface area contributed by atoms with Gasteiger partial charge in [-0.3, -0.25) is 4.79 Å². The Balaban J connectivity index is 1.36. The van der Waals surface area contributed by atoms with Crippen LogP contribution in [-0.4, -0.2) is 23.3 Å². The number of hydrogen-bond donors (Lipinski definition) is 1. The molecule has 106 valence electrons. The van der Waals surface area contributed by atoms with Crippen molar-refractivity contribution in [3.05, 3.63) is 12.2 Å². The Bertz CT molecular complexity index is 368. The van der Waals surface area contributed by atoms with Gasteiger partial charge in [-0.25, -0.2) is 0 Å². The van der Waals surface area contributed by atoms with E-state index in [4.69, 9.17) is 4.74 Å². The van der Waals surface area contributed by atoms with Crippen molar-refractivity contribution in [1.82, 2.24) is 0 Å². The third-order valence-corrected chi connectivity index (χ3v) is 5.15. The summed E-state index contributed by atoms with van der Waals surface area (Å²) in [7, 11) is 0. The maximum atomic E-state index is 12.0. The molecule has 3 nitrogen and oxygen atoms in total. The fraction of sp³-hybridized carbons (Fsp3) is 0.812. The highest BCUT2D eigenvalue weighted by Gasteiger charge is 2.40. The van der Waals surface area contributed by atoms with Gasteiger partial charge in [0, 0.05) is 0 Å². The van der Waals surface area contributed by atoms with Crippen molar-refractivity contribution in [2.24, 2.45) is 17.8 Å². The van der Waals surface area contributed by atoms with Crippen LogP contribution in [-0.2, 0) is 9.53 Å². The van der Waals surface area contributed by atoms with E-state index in [2.05, 4.69) is 12.2 Å². The molecular weight excluding hydrogens is 240 g/mol. The lowest BCUT2D eigenvalue weighted by Crippen LogP contribution is -2.26. The number of aliphatic hydroxyl groups is 1. The van der Waals surface area contributed by atoms with Crippen molar-refractivity contribution in [3.8, 4) is 0 Å². The number of hydrogen-bond acceptors (Lipinski definition) is 3. The van der Waals surface area contributed by atoms with Gasteiger partial charge in [0.15, 0.2) is 0 Å². The topological polar surface area (TPSA) is 46.5 Å². The summed E-state index contributed by atoms with van der Waals surface area (Å²) in [6.07, 6.45) is 12.2. The molecular formula is C16H24O3. The first kappa shape index (κ1) is 13.2. The van der Waals surface area contributed by atoms with E-state index >= 15 is 0 Å². The largest absolute Gasteiger partial charge is 0.465 e. The standard InChI is InChI=1S/C16H24O3/c17-15(14-11-12-4-5-13(14)10-12)19-9-3-8-16(18)6-1-2-7-16/h4-5,12-14,18H,1-3,6-11H2. The van der Waals surface area contributed by atoms with Crippen LogP contribution >= 0.6 is 0 Å². The second-order valence-corrected chi connectivity index (χ2v) is 6.59. The van der Waals surface area contributed by atoms with E-state index in [1.54, 1.807) is 0 Å². The molecule has 0 spiro atoms. The van der Waals surface area contributed by atoms with E-state index in [-0.39, 0.29) is 11.9 Å². The monoisotopic (exact) mass is 264 g/mol. The Morgan fingerprint density at radius 2 is 2.05 bits per heavy atom. The molecule has 3 unspecified atom stereocenters. The van der Waals surface area contributed by atoms with Gasteiger partial charge in [0.25, 0.3) is 0 Å². The van der Waals surface area contributed by atoms with Crippen molar-refractivity contribution in [2.75, 3.05) is 6.61 Å². The lowest BCUT2D eigenvalue weighted by molar-refractivity contribution is -0.149. The van der Waals surface area contributed by atoms with E-state index in [9.17, 15) is 9.90 Å². The lowest BCUT2D eigenvalue weighted by Gasteiger charge is -2.22. The van der Waals surface area contributed by atoms with Crippen molar-refractivity contribution in [1.29, 1.82) is 0 Å². The van der Waals surface area contributed by atoms with Crippen LogP contribution in [0.25, 0.3) is 0 Å². The van der Waals surface area contributed by atoms with Crippen LogP contribution < -0.4 is 0 Å². The van der Waals surface area contributed by atoms with Gasteiger partial charge in [-0.2, -0.15) is 0 Å². The van der Waals surface area contributed by atoms with E-state index in [0.29, 0.717) is 18.4 Å². The minimum atomic E-state index is -0.471. The highest BCUT2D eigenvalue weighted by molar-refractivity contribution is 5.74. The fourth-order valence-corrected chi connectivity index (χ4v) is 4.02. The molecule has 2 bridgehead atoms. The number of fused-ring (bicyclic) bond motifs is 2. The van der Waals surface area contributed by atoms with E-state index in [0.717, 1.165) is 51.4 Å². The Morgan fingerprint density at radius 3 is 2.68 bits per heavy atom. The summed E-state index contributed by atoms with van der Waals surface area (Å²) >= 11 is 0. The van der Waals surface area contributed by atoms with Gasteiger partial charge < -0.3 is 9.84 Å². The summed E-state index contributed by atoms with van der Waals surface area (Å²) in [5, 5.41) is 10.2. The van der Waals surface area contributed by atoms with Gasteiger partial charge in [-0.15, -0.1) is 0 Å². The van der Waals surface area contributed by atoms with Gasteiger partial charge in [0.1, 0.15) is 0 Å². The van der Waals surface area contributed by atoms with Crippen LogP contribution in [0.5, 0.6) is 0 Å². The van der Waals surface area contributed by atoms with E-state index < -0.39 is 5.60 Å². The average Bonchev–Trinajstić information content (AvgIpc) is 3.10. The summed E-state index contributed by atoms with van der Waals surface area (Å²) < 4.78 is 5.40. The van der Waals surface area contributed by atoms with Crippen molar-refractivity contribution < 1.29 is 14.6 Å². The number of allylic oxidation sites excluding steroid dienone is 2. The van der Waals surface area contributed by atoms with Gasteiger partial charge >= 0.3 is 5.97 Å². The first-order valence-corrected chi connectivity index (χ1v) is 7.74. The molecule has 3 aliphatic rings. The van der Waals surface area contributed by atoms with Crippen LogP contribution in [0.3, 0.4) is 0 Å². The second-order valence-electron chi connectivity index (χ2n) is 6.59. The predicted molar refractivity (Wildman–Crippen MR) is 72.5 cm³/mol. The summed E-state index contributed by atoms with van der Waals surface area (Å²) in [6, 6.07) is 0. The van der Waals surface area contributed by atoms with Crippen LogP contribution in [0, 0.1) is 17.8 Å². The molecule has 0 aromatic heterocycles. The molecule has 3 aliphatic carbocycles. The second kappa shape index (κ2) is 5.28. The van der Waals surface area contributed by atoms with Crippen LogP contribution in [0.4, 0.5) is 0 Å². The number of ether oxygens (including phenoxy) is 1. The van der Waals surface area contributed by atoms with Crippen molar-refractivity contribution >= 4 is 5.97 Å². The molecule has 2 saturated carbocycles. The molecule has 0 aromatic rings. The van der Waals surface area contributed by atoms with E-state index in [1.165, 1.54) is 0 Å². The first-order chi connectivity index (χ1) is 9.16. The number of esters is 1. The predicted octanol–water partition coefficient (Wildman–Crippen LogP) is 2.83. The molecule has 19 heavy (non-hydrogen) atoms. The van der Waals surface area contributed by atoms with Crippen molar-refractivity contribution in [3.63, 3.8) is 0 Å². The average molecular weight is 264 g/mol. The van der Waals surface area contributed by atoms with E-state index in [1.807, 2.05) is 0 Å². The molecule has 3 rings (SSSR count). The SMILES string of the molecule is O=C(OCCCC1(O)CCCC1)C1CC2C=CC1C2. The molecule has 0 aromatic carbocycles. The zero-order valence-corrected chi connectivity index (χ0v) is 11.5. The summed E-state index contributed by atoms with van der Waals surface area (Å²) in [5.41, 5.74) is -0.471. The quantitative estimate of drug-likeness (QED) is 0.472. The minimum absolute atomic E-state index is 0.0183. The zero-order valence-electron chi connectivity index (χ0n) is 11.5. The molecule has 0 heterocycles. The van der Waals surface area contributed by atoms with Crippen LogP contribution in [0.1, 0.15) is 51.4 Å². The Morgan fingerprint density at radius 1 is 1.26 bits per heavy atom. The fourth-order valence-electron chi connectivity index (χ4n) is 4.02. The molecule has 3 atom stereocenters. The molecule has 1 N–H and O–H groups in total. The zero-order chi connectivity index (χ0) is 13.3. The Kier molecular flexibility index (Phi) is 3.66. The molecule has 0 radical (unpaired) electrons. The van der Waals surface area contributed by atoms with Crippen LogP contribution in [0.2, 0.25) is 0 Å². The van der Waals surface area contributed by atoms with Gasteiger partial charge in [0.2, 0.25) is 0 Å². The maximum Gasteiger partial charge on any atom is 0.309 e. The number of rotatable bonds is 5. The smallest absolute Gasteiger partial charge is 0.309 e. The molecule has 0 amide bonds. The Labute approximate surface area is 115 Å². The summed E-state index contributed by atoms with van der Waals surface area (Å²) in [6.45, 7) is 0.471. The molecule has 0 aliphatic heterocycles. The minimum Gasteiger partial charge on any atom is -0.465 e. The third-order valence-electron chi connectivity index (χ3n) is 5.15. The lowest BCUT2D eigenvalue weighted by atomic mass is 9.94.